The van der Waals surface area contributed by atoms with E-state index in [1.807, 2.05) is 17.2 Å². The van der Waals surface area contributed by atoms with E-state index in [0.717, 1.165) is 94.3 Å². The second kappa shape index (κ2) is 9.85. The Morgan fingerprint density at radius 3 is 2.76 bits per heavy atom. The lowest BCUT2D eigenvalue weighted by Crippen LogP contribution is -2.52. The average molecular weight is 522 g/mol. The van der Waals surface area contributed by atoms with Crippen LogP contribution < -0.4 is 16.0 Å². The number of nitrogens with one attached hydrogen (secondary N) is 2. The molecule has 1 unspecified atom stereocenters. The molecule has 3 saturated heterocycles. The summed E-state index contributed by atoms with van der Waals surface area (Å²) in [7, 11) is 3.90. The number of hydrogen-bond acceptors (Lipinski definition) is 8. The molecule has 0 radical (unpaired) electrons. The first-order chi connectivity index (χ1) is 18.4. The Kier molecular flexibility index (Phi) is 6.51. The van der Waals surface area contributed by atoms with Crippen LogP contribution in [0.2, 0.25) is 0 Å². The molecule has 2 aromatic heterocycles. The van der Waals surface area contributed by atoms with Crippen LogP contribution in [0.3, 0.4) is 0 Å². The van der Waals surface area contributed by atoms with Crippen LogP contribution in [-0.4, -0.2) is 95.3 Å². The van der Waals surface area contributed by atoms with Gasteiger partial charge in [0.05, 0.1) is 34.1 Å². The SMILES string of the molecule is COC1CN(c2nn(CC3CCN(C)C3)c3cc(/C(N)=C(/C=N)NC(=O)N4CCCCC45CC5)ncc23)C1. The molecule has 2 aromatic rings. The van der Waals surface area contributed by atoms with E-state index in [1.165, 1.54) is 6.42 Å². The Morgan fingerprint density at radius 2 is 2.08 bits per heavy atom. The summed E-state index contributed by atoms with van der Waals surface area (Å²) in [6, 6.07) is 1.78. The van der Waals surface area contributed by atoms with Gasteiger partial charge in [-0.3, -0.25) is 9.67 Å². The highest BCUT2D eigenvalue weighted by Gasteiger charge is 2.51. The summed E-state index contributed by atoms with van der Waals surface area (Å²) >= 11 is 0. The molecule has 11 nitrogen and oxygen atoms in total. The maximum Gasteiger partial charge on any atom is 0.322 e. The summed E-state index contributed by atoms with van der Waals surface area (Å²) in [5.41, 5.74) is 8.62. The van der Waals surface area contributed by atoms with E-state index in [1.54, 1.807) is 7.11 Å². The van der Waals surface area contributed by atoms with E-state index in [4.69, 9.17) is 21.0 Å². The van der Waals surface area contributed by atoms with Crippen molar-refractivity contribution < 1.29 is 9.53 Å². The quantitative estimate of drug-likeness (QED) is 0.477. The minimum atomic E-state index is -0.173. The standard InChI is InChI=1S/C27H39N9O2/c1-33-10-5-18(14-33)15-36-23-11-21(30-13-20(23)25(32-36)34-16-19(17-34)38-2)24(29)22(12-28)31-26(37)35-9-4-3-6-27(35)7-8-27/h11-13,18-19,28H,3-10,14-17,29H2,1-2H3,(H,31,37)/b24-22+,28-12?. The zero-order valence-electron chi connectivity index (χ0n) is 22.4. The lowest BCUT2D eigenvalue weighted by atomic mass is 10.0. The highest BCUT2D eigenvalue weighted by molar-refractivity contribution is 5.96. The maximum atomic E-state index is 13.2. The fourth-order valence-corrected chi connectivity index (χ4v) is 6.33. The van der Waals surface area contributed by atoms with Crippen LogP contribution in [0.4, 0.5) is 10.6 Å². The number of hydrogen-bond donors (Lipinski definition) is 3. The van der Waals surface area contributed by atoms with Gasteiger partial charge in [-0.2, -0.15) is 5.10 Å². The zero-order valence-corrected chi connectivity index (χ0v) is 22.4. The number of ether oxygens (including phenoxy) is 1. The number of rotatable bonds is 7. The van der Waals surface area contributed by atoms with Gasteiger partial charge in [0.25, 0.3) is 0 Å². The minimum absolute atomic E-state index is 0.0112. The largest absolute Gasteiger partial charge is 0.395 e. The molecule has 4 N–H and O–H groups in total. The first kappa shape index (κ1) is 25.1. The number of amides is 2. The van der Waals surface area contributed by atoms with Crippen molar-refractivity contribution in [2.24, 2.45) is 11.7 Å². The molecular formula is C27H39N9O2. The van der Waals surface area contributed by atoms with Gasteiger partial charge in [0.2, 0.25) is 0 Å². The molecule has 0 aromatic carbocycles. The molecule has 4 fully saturated rings. The van der Waals surface area contributed by atoms with Crippen LogP contribution in [-0.2, 0) is 11.3 Å². The summed E-state index contributed by atoms with van der Waals surface area (Å²) in [6.45, 7) is 5.33. The number of urea groups is 1. The number of likely N-dealkylation sites (tertiary alicyclic amines) is 2. The normalized spacial score (nSPS) is 24.0. The van der Waals surface area contributed by atoms with Crippen molar-refractivity contribution in [2.75, 3.05) is 51.8 Å². The monoisotopic (exact) mass is 521 g/mol. The van der Waals surface area contributed by atoms with Gasteiger partial charge in [-0.25, -0.2) is 4.79 Å². The molecular weight excluding hydrogens is 482 g/mol. The molecule has 11 heteroatoms. The van der Waals surface area contributed by atoms with Crippen LogP contribution in [0.5, 0.6) is 0 Å². The molecule has 5 heterocycles. The first-order valence-electron chi connectivity index (χ1n) is 13.8. The average Bonchev–Trinajstić information content (AvgIpc) is 3.39. The lowest BCUT2D eigenvalue weighted by Gasteiger charge is -2.38. The molecule has 4 aliphatic rings. The molecule has 1 spiro atoms. The van der Waals surface area contributed by atoms with Gasteiger partial charge in [0.1, 0.15) is 0 Å². The highest BCUT2D eigenvalue weighted by Crippen LogP contribution is 2.48. The summed E-state index contributed by atoms with van der Waals surface area (Å²) in [6.07, 6.45) is 9.66. The fraction of sp³-hybridized carbons (Fsp3) is 0.630. The van der Waals surface area contributed by atoms with Crippen LogP contribution >= 0.6 is 0 Å². The second-order valence-electron chi connectivity index (χ2n) is 11.5. The number of nitrogens with two attached hydrogens (primary N) is 1. The number of carbonyl (C=O) groups is 1. The first-order valence-corrected chi connectivity index (χ1v) is 13.8. The Labute approximate surface area is 223 Å². The van der Waals surface area contributed by atoms with Crippen molar-refractivity contribution >= 4 is 34.7 Å². The summed E-state index contributed by atoms with van der Waals surface area (Å²) < 4.78 is 7.56. The summed E-state index contributed by atoms with van der Waals surface area (Å²) in [5, 5.41) is 16.9. The predicted molar refractivity (Wildman–Crippen MR) is 147 cm³/mol. The van der Waals surface area contributed by atoms with Crippen LogP contribution in [0.25, 0.3) is 16.6 Å². The van der Waals surface area contributed by atoms with E-state index in [9.17, 15) is 4.79 Å². The number of anilines is 1. The number of fused-ring (bicyclic) bond motifs is 1. The van der Waals surface area contributed by atoms with Crippen LogP contribution in [0.1, 0.15) is 44.2 Å². The minimum Gasteiger partial charge on any atom is -0.395 e. The molecule has 204 valence electrons. The number of aromatic nitrogens is 3. The van der Waals surface area contributed by atoms with E-state index in [-0.39, 0.29) is 29.1 Å². The topological polar surface area (TPSA) is 129 Å². The number of nitrogens with zero attached hydrogens (tertiary/aromatic N) is 6. The Balaban J connectivity index is 1.30. The molecule has 2 amide bonds. The maximum absolute atomic E-state index is 13.2. The summed E-state index contributed by atoms with van der Waals surface area (Å²) in [5.74, 6) is 1.45. The summed E-state index contributed by atoms with van der Waals surface area (Å²) in [4.78, 5) is 24.4. The van der Waals surface area contributed by atoms with Crippen molar-refractivity contribution in [1.29, 1.82) is 5.41 Å². The van der Waals surface area contributed by atoms with Crippen molar-refractivity contribution in [3.05, 3.63) is 23.7 Å². The molecule has 1 aliphatic carbocycles. The fourth-order valence-electron chi connectivity index (χ4n) is 6.33. The van der Waals surface area contributed by atoms with E-state index in [2.05, 4.69) is 31.8 Å². The molecule has 6 rings (SSSR count). The van der Waals surface area contributed by atoms with Gasteiger partial charge in [-0.05, 0) is 64.1 Å². The van der Waals surface area contributed by atoms with Gasteiger partial charge in [0.15, 0.2) is 5.82 Å². The smallest absolute Gasteiger partial charge is 0.322 e. The Morgan fingerprint density at radius 1 is 1.26 bits per heavy atom. The van der Waals surface area contributed by atoms with Gasteiger partial charge in [0, 0.05) is 57.8 Å². The number of pyridine rings is 1. The number of carbonyl (C=O) groups excluding carboxylic acids is 1. The lowest BCUT2D eigenvalue weighted by molar-refractivity contribution is 0.0783. The third-order valence-electron chi connectivity index (χ3n) is 8.89. The molecule has 0 bridgehead atoms. The van der Waals surface area contributed by atoms with E-state index >= 15 is 0 Å². The Hall–Kier alpha value is -3.18. The number of piperidine rings is 1. The van der Waals surface area contributed by atoms with E-state index < -0.39 is 0 Å². The number of allylic oxidation sites excluding steroid dienone is 1. The van der Waals surface area contributed by atoms with Crippen LogP contribution in [0, 0.1) is 11.3 Å². The van der Waals surface area contributed by atoms with Crippen molar-refractivity contribution in [3.8, 4) is 0 Å². The third kappa shape index (κ3) is 4.51. The third-order valence-corrected chi connectivity index (χ3v) is 8.89. The van der Waals surface area contributed by atoms with Crippen molar-refractivity contribution in [1.82, 2.24) is 29.9 Å². The van der Waals surface area contributed by atoms with Crippen molar-refractivity contribution in [2.45, 2.75) is 56.7 Å². The molecule has 1 saturated carbocycles. The van der Waals surface area contributed by atoms with Gasteiger partial charge < -0.3 is 35.9 Å². The van der Waals surface area contributed by atoms with Crippen molar-refractivity contribution in [3.63, 3.8) is 0 Å². The van der Waals surface area contributed by atoms with Gasteiger partial charge >= 0.3 is 6.03 Å². The van der Waals surface area contributed by atoms with Gasteiger partial charge in [-0.1, -0.05) is 0 Å². The second-order valence-corrected chi connectivity index (χ2v) is 11.5. The van der Waals surface area contributed by atoms with Crippen LogP contribution in [0.15, 0.2) is 18.0 Å². The number of methoxy groups -OCH3 is 1. The molecule has 1 atom stereocenters. The zero-order chi connectivity index (χ0) is 26.4. The van der Waals surface area contributed by atoms with Gasteiger partial charge in [-0.15, -0.1) is 0 Å². The molecule has 38 heavy (non-hydrogen) atoms. The molecule has 3 aliphatic heterocycles. The predicted octanol–water partition coefficient (Wildman–Crippen LogP) is 2.22. The Bertz CT molecular complexity index is 1260. The highest BCUT2D eigenvalue weighted by atomic mass is 16.5. The van der Waals surface area contributed by atoms with E-state index in [0.29, 0.717) is 11.6 Å².